The minimum absolute atomic E-state index is 0.858. The van der Waals surface area contributed by atoms with Gasteiger partial charge in [0.15, 0.2) is 0 Å². The van der Waals surface area contributed by atoms with E-state index in [1.54, 1.807) is 0 Å². The van der Waals surface area contributed by atoms with E-state index in [1.807, 2.05) is 12.1 Å². The molecular formula is C56H39NO. The van der Waals surface area contributed by atoms with Crippen molar-refractivity contribution in [3.63, 3.8) is 0 Å². The second-order valence-corrected chi connectivity index (χ2v) is 14.5. The molecule has 0 spiro atoms. The van der Waals surface area contributed by atoms with Crippen LogP contribution in [-0.2, 0) is 0 Å². The van der Waals surface area contributed by atoms with Crippen LogP contribution in [0.2, 0.25) is 0 Å². The van der Waals surface area contributed by atoms with Crippen LogP contribution in [0, 0.1) is 0 Å². The number of para-hydroxylation sites is 2. The van der Waals surface area contributed by atoms with Gasteiger partial charge >= 0.3 is 0 Å². The summed E-state index contributed by atoms with van der Waals surface area (Å²) in [7, 11) is 0. The lowest BCUT2D eigenvalue weighted by Crippen LogP contribution is -2.11. The molecule has 0 radical (unpaired) electrons. The molecule has 0 aliphatic heterocycles. The predicted molar refractivity (Wildman–Crippen MR) is 244 cm³/mol. The molecule has 58 heavy (non-hydrogen) atoms. The van der Waals surface area contributed by atoms with Crippen molar-refractivity contribution in [1.29, 1.82) is 0 Å². The van der Waals surface area contributed by atoms with Crippen LogP contribution >= 0.6 is 0 Å². The lowest BCUT2D eigenvalue weighted by atomic mass is 9.93. The smallest absolute Gasteiger partial charge is 0.136 e. The van der Waals surface area contributed by atoms with Gasteiger partial charge in [0.05, 0.1) is 5.69 Å². The summed E-state index contributed by atoms with van der Waals surface area (Å²) in [5.41, 5.74) is 16.9. The molecule has 9 aromatic carbocycles. The Morgan fingerprint density at radius 1 is 0.276 bits per heavy atom. The van der Waals surface area contributed by atoms with Gasteiger partial charge in [0.1, 0.15) is 11.3 Å². The van der Waals surface area contributed by atoms with Gasteiger partial charge in [-0.2, -0.15) is 0 Å². The van der Waals surface area contributed by atoms with Crippen molar-refractivity contribution in [2.75, 3.05) is 4.90 Å². The zero-order chi connectivity index (χ0) is 38.7. The van der Waals surface area contributed by atoms with Crippen LogP contribution in [0.4, 0.5) is 17.1 Å². The fourth-order valence-electron chi connectivity index (χ4n) is 8.07. The van der Waals surface area contributed by atoms with Crippen LogP contribution in [0.3, 0.4) is 0 Å². The summed E-state index contributed by atoms with van der Waals surface area (Å²) < 4.78 is 6.46. The third-order valence-electron chi connectivity index (χ3n) is 10.9. The number of fused-ring (bicyclic) bond motifs is 1. The Morgan fingerprint density at radius 2 is 0.707 bits per heavy atom. The molecule has 2 heteroatoms. The molecule has 274 valence electrons. The topological polar surface area (TPSA) is 16.4 Å². The predicted octanol–water partition coefficient (Wildman–Crippen LogP) is 15.9. The van der Waals surface area contributed by atoms with Gasteiger partial charge in [-0.25, -0.2) is 0 Å². The summed E-state index contributed by atoms with van der Waals surface area (Å²) in [5.74, 6) is 0.858. The van der Waals surface area contributed by atoms with E-state index in [4.69, 9.17) is 4.42 Å². The zero-order valence-electron chi connectivity index (χ0n) is 31.9. The highest BCUT2D eigenvalue weighted by Gasteiger charge is 2.19. The van der Waals surface area contributed by atoms with Crippen molar-refractivity contribution in [3.8, 4) is 67.0 Å². The number of hydrogen-bond acceptors (Lipinski definition) is 2. The average molecular weight is 742 g/mol. The van der Waals surface area contributed by atoms with Gasteiger partial charge < -0.3 is 9.32 Å². The third-order valence-corrected chi connectivity index (χ3v) is 10.9. The fourth-order valence-corrected chi connectivity index (χ4v) is 8.07. The molecule has 0 aliphatic rings. The van der Waals surface area contributed by atoms with E-state index in [-0.39, 0.29) is 0 Å². The molecule has 10 rings (SSSR count). The molecule has 10 aromatic rings. The zero-order valence-corrected chi connectivity index (χ0v) is 31.9. The minimum Gasteiger partial charge on any atom is -0.456 e. The van der Waals surface area contributed by atoms with Gasteiger partial charge in [0.25, 0.3) is 0 Å². The summed E-state index contributed by atoms with van der Waals surface area (Å²) in [5, 5.41) is 1.09. The number of furan rings is 1. The first-order valence-corrected chi connectivity index (χ1v) is 19.8. The van der Waals surface area contributed by atoms with E-state index in [2.05, 4.69) is 229 Å². The van der Waals surface area contributed by atoms with Crippen LogP contribution < -0.4 is 4.90 Å². The summed E-state index contributed by atoms with van der Waals surface area (Å²) in [4.78, 5) is 2.37. The summed E-state index contributed by atoms with van der Waals surface area (Å²) in [6.07, 6.45) is 0. The Hall–Kier alpha value is -7.68. The molecule has 0 amide bonds. The highest BCUT2D eigenvalue weighted by molar-refractivity contribution is 5.92. The van der Waals surface area contributed by atoms with Crippen molar-refractivity contribution < 1.29 is 4.42 Å². The molecule has 0 saturated carbocycles. The van der Waals surface area contributed by atoms with Crippen LogP contribution in [0.25, 0.3) is 77.9 Å². The van der Waals surface area contributed by atoms with Crippen molar-refractivity contribution >= 4 is 28.0 Å². The molecule has 0 aliphatic carbocycles. The van der Waals surface area contributed by atoms with Crippen LogP contribution in [0.15, 0.2) is 241 Å². The Morgan fingerprint density at radius 3 is 1.29 bits per heavy atom. The second-order valence-electron chi connectivity index (χ2n) is 14.5. The van der Waals surface area contributed by atoms with Gasteiger partial charge in [-0.05, 0) is 98.6 Å². The first-order valence-electron chi connectivity index (χ1n) is 19.8. The number of nitrogens with zero attached hydrogens (tertiary/aromatic N) is 1. The van der Waals surface area contributed by atoms with E-state index in [0.717, 1.165) is 67.2 Å². The lowest BCUT2D eigenvalue weighted by molar-refractivity contribution is 0.632. The van der Waals surface area contributed by atoms with Crippen molar-refractivity contribution in [2.24, 2.45) is 0 Å². The van der Waals surface area contributed by atoms with Crippen molar-refractivity contribution in [3.05, 3.63) is 237 Å². The molecule has 2 nitrogen and oxygen atoms in total. The fraction of sp³-hybridized carbons (Fsp3) is 0. The Bertz CT molecular complexity index is 2930. The Kier molecular flexibility index (Phi) is 9.27. The summed E-state index contributed by atoms with van der Waals surface area (Å²) in [6, 6.07) is 84.1. The molecule has 0 saturated heterocycles. The number of anilines is 3. The maximum Gasteiger partial charge on any atom is 0.136 e. The second kappa shape index (κ2) is 15.5. The largest absolute Gasteiger partial charge is 0.456 e. The number of rotatable bonds is 9. The van der Waals surface area contributed by atoms with E-state index in [1.165, 1.54) is 27.8 Å². The van der Waals surface area contributed by atoms with Crippen LogP contribution in [-0.4, -0.2) is 0 Å². The molecule has 0 bridgehead atoms. The maximum atomic E-state index is 6.46. The standard InChI is InChI=1S/C56H39NO/c1-4-16-41(17-5-1)49-23-11-12-24-50(49)44-30-35-48(36-31-44)57(54-26-14-13-25-52(54)43-20-8-3-9-21-43)47-33-28-40(29-34-47)45-32-37-51(42-18-6-2-7-19-42)53(38-45)56-39-46-22-10-15-27-55(46)58-56/h1-39H. The monoisotopic (exact) mass is 741 g/mol. The molecule has 0 atom stereocenters. The van der Waals surface area contributed by atoms with E-state index in [9.17, 15) is 0 Å². The van der Waals surface area contributed by atoms with Gasteiger partial charge in [-0.1, -0.05) is 188 Å². The number of benzene rings is 9. The average Bonchev–Trinajstić information content (AvgIpc) is 3.75. The van der Waals surface area contributed by atoms with E-state index >= 15 is 0 Å². The van der Waals surface area contributed by atoms with Gasteiger partial charge in [0, 0.05) is 27.9 Å². The lowest BCUT2D eigenvalue weighted by Gasteiger charge is -2.28. The SMILES string of the molecule is c1ccc(-c2ccccc2-c2ccc(N(c3ccc(-c4ccc(-c5ccccc5)c(-c5cc6ccccc6o5)c4)cc3)c3ccccc3-c3ccccc3)cc2)cc1. The highest BCUT2D eigenvalue weighted by Crippen LogP contribution is 2.43. The molecular weight excluding hydrogens is 703 g/mol. The molecule has 0 N–H and O–H groups in total. The molecule has 0 fully saturated rings. The van der Waals surface area contributed by atoms with Crippen molar-refractivity contribution in [2.45, 2.75) is 0 Å². The van der Waals surface area contributed by atoms with E-state index < -0.39 is 0 Å². The van der Waals surface area contributed by atoms with Gasteiger partial charge in [-0.15, -0.1) is 0 Å². The molecule has 1 aromatic heterocycles. The Labute approximate surface area is 339 Å². The maximum absolute atomic E-state index is 6.46. The molecule has 1 heterocycles. The quantitative estimate of drug-likeness (QED) is 0.146. The first kappa shape index (κ1) is 34.8. The van der Waals surface area contributed by atoms with Gasteiger partial charge in [-0.3, -0.25) is 0 Å². The van der Waals surface area contributed by atoms with Crippen LogP contribution in [0.1, 0.15) is 0 Å². The highest BCUT2D eigenvalue weighted by atomic mass is 16.3. The molecule has 0 unspecified atom stereocenters. The van der Waals surface area contributed by atoms with Gasteiger partial charge in [0.2, 0.25) is 0 Å². The Balaban J connectivity index is 1.06. The van der Waals surface area contributed by atoms with Crippen LogP contribution in [0.5, 0.6) is 0 Å². The third kappa shape index (κ3) is 6.78. The van der Waals surface area contributed by atoms with Crippen molar-refractivity contribution in [1.82, 2.24) is 0 Å². The number of hydrogen-bond donors (Lipinski definition) is 0. The van der Waals surface area contributed by atoms with E-state index in [0.29, 0.717) is 0 Å². The summed E-state index contributed by atoms with van der Waals surface area (Å²) >= 11 is 0. The first-order chi connectivity index (χ1) is 28.8. The minimum atomic E-state index is 0.858. The summed E-state index contributed by atoms with van der Waals surface area (Å²) in [6.45, 7) is 0. The normalized spacial score (nSPS) is 11.1.